The molecule has 9 N–H and O–H groups in total. The van der Waals surface area contributed by atoms with Crippen molar-refractivity contribution in [2.24, 2.45) is 10.8 Å². The van der Waals surface area contributed by atoms with Crippen LogP contribution in [0.1, 0.15) is 290 Å². The van der Waals surface area contributed by atoms with Crippen LogP contribution >= 0.6 is 7.60 Å². The summed E-state index contributed by atoms with van der Waals surface area (Å²) in [5.74, 6) is 0.137. The number of allylic oxidation sites excluding steroid dienone is 1. The van der Waals surface area contributed by atoms with E-state index in [1.165, 1.54) is 66.8 Å². The average molecular weight is 1950 g/mol. The van der Waals surface area contributed by atoms with Crippen molar-refractivity contribution in [2.45, 2.75) is 354 Å². The molecule has 8 aliphatic rings. The van der Waals surface area contributed by atoms with Crippen molar-refractivity contribution in [1.29, 1.82) is 5.26 Å². The van der Waals surface area contributed by atoms with Crippen LogP contribution in [0.5, 0.6) is 0 Å². The molecule has 0 aliphatic heterocycles. The average Bonchev–Trinajstić information content (AvgIpc) is 1.65. The second kappa shape index (κ2) is 62.2. The number of ketones is 1. The maximum absolute atomic E-state index is 11.9. The van der Waals surface area contributed by atoms with Crippen molar-refractivity contribution in [3.63, 3.8) is 0 Å². The van der Waals surface area contributed by atoms with Gasteiger partial charge >= 0.3 is 85.8 Å². The standard InChI is InChI=1S/C19H28N2O4.C17H24N2O4.C11H21NO5S.C11H19NO4.C10H18N4O2.C6H10O2.C5H11O5P.C4H6N2.C3H4O.2C3H8.Na/c1-18(2,3)25-17(23)21-19(11-12-19)10-7-13-20-16(22)24-14-15-8-5-4-6-9-15;1-16(2,3)23-15(21)19-17(9-10-17)12-18-14(20)22-11-13-7-5-4-6-8-13;1-10(2,3)17-9(13)12-11(5-6-11)7-8-16-18(4,14)15;1-10(2,3)16-9(14)12-11(5-6-11)7-8(13)15-4;1-9(2,3)16-8(15)13-10(4-5-10)6-7-12-14-11;1-7-8-5-4-6-2-3-6;1-8-5(6)4-11(7,9-2)10-3;5-3-4(6)1-2-4;4-3-1-2-3;2*1-3-2;/h4-6,8-9H,7,10-14H2,1-3H3,(H,20,22)(H,21,23);4-8H,9-12H2,1-3H3,(H,18,20)(H,19,21);5-8H2,1-4H3,(H,12,13);5-7H2,1-4H3,(H,12,14);4-7H2,1-3H3,(H,13,15);4H,2-3,5H2,1H3;4,6H,1-3H3;1-2,6H2;1-2H2;2*3H2,1-2H3;/q;;;;;;;;;;;+1/p-1/b;;;;;;5-4+;;;;;. The second-order valence-electron chi connectivity index (χ2n) is 37.9. The number of Topliss-reactive ketones (excluding diaryl/α,β-unsaturated/α-hetero) is 1. The van der Waals surface area contributed by atoms with Crippen LogP contribution in [0.25, 0.3) is 10.4 Å². The number of nitriles is 1. The van der Waals surface area contributed by atoms with Crippen LogP contribution in [0.2, 0.25) is 0 Å². The number of ether oxygens (including phenoxy) is 9. The molecule has 0 atom stereocenters. The number of esters is 1. The first-order chi connectivity index (χ1) is 61.7. The van der Waals surface area contributed by atoms with Gasteiger partial charge in [0.2, 0.25) is 0 Å². The topological polar surface area (TPSA) is 540 Å². The summed E-state index contributed by atoms with van der Waals surface area (Å²) in [7, 11) is -0.371. The van der Waals surface area contributed by atoms with E-state index in [0.717, 1.165) is 126 Å². The van der Waals surface area contributed by atoms with Crippen molar-refractivity contribution in [1.82, 2.24) is 37.2 Å². The van der Waals surface area contributed by atoms with Gasteiger partial charge in [-0.05, 0) is 243 Å². The van der Waals surface area contributed by atoms with Gasteiger partial charge in [0.1, 0.15) is 59.1 Å². The number of nitrogens with zero attached hydrogens (tertiary/aromatic N) is 4. The molecule has 0 aromatic heterocycles. The number of benzene rings is 2. The van der Waals surface area contributed by atoms with Crippen LogP contribution < -0.4 is 77.6 Å². The molecule has 39 nitrogen and oxygen atoms in total. The predicted molar refractivity (Wildman–Crippen MR) is 501 cm³/mol. The Labute approximate surface area is 817 Å². The molecule has 42 heteroatoms. The number of rotatable bonds is 31. The van der Waals surface area contributed by atoms with E-state index < -0.39 is 105 Å². The van der Waals surface area contributed by atoms with Gasteiger partial charge in [-0.1, -0.05) is 118 Å². The first-order valence-electron chi connectivity index (χ1n) is 44.8. The van der Waals surface area contributed by atoms with E-state index in [-0.39, 0.29) is 84.5 Å². The van der Waals surface area contributed by atoms with Crippen molar-refractivity contribution in [3.8, 4) is 6.07 Å². The number of alkyl carbamates (subject to hydrolysis) is 7. The van der Waals surface area contributed by atoms with E-state index in [9.17, 15) is 61.2 Å². The van der Waals surface area contributed by atoms with Crippen LogP contribution in [0.3, 0.4) is 0 Å². The van der Waals surface area contributed by atoms with Gasteiger partial charge in [-0.2, -0.15) is 13.7 Å². The van der Waals surface area contributed by atoms with Gasteiger partial charge in [-0.3, -0.25) is 18.3 Å². The van der Waals surface area contributed by atoms with E-state index in [4.69, 9.17) is 49.7 Å². The molecule has 0 saturated heterocycles. The molecular formula is C92H156N12NaO27PS. The summed E-state index contributed by atoms with van der Waals surface area (Å²) >= 11 is 0. The van der Waals surface area contributed by atoms with Gasteiger partial charge < -0.3 is 99.7 Å². The molecule has 0 heterocycles. The Bertz CT molecular complexity index is 4150. The summed E-state index contributed by atoms with van der Waals surface area (Å²) in [4.78, 5) is 114. The summed E-state index contributed by atoms with van der Waals surface area (Å²) in [5.41, 5.74) is 12.3. The predicted octanol–water partition coefficient (Wildman–Crippen LogP) is 14.2. The minimum atomic E-state index is -3.42. The number of nitrogens with two attached hydrogens (primary N) is 1. The van der Waals surface area contributed by atoms with Crippen molar-refractivity contribution in [2.75, 3.05) is 74.7 Å². The zero-order valence-corrected chi connectivity index (χ0v) is 88.1. The van der Waals surface area contributed by atoms with Crippen LogP contribution in [0.15, 0.2) is 89.2 Å². The zero-order chi connectivity index (χ0) is 102. The summed E-state index contributed by atoms with van der Waals surface area (Å²) < 4.78 is 91.4. The maximum atomic E-state index is 11.9. The molecule has 134 heavy (non-hydrogen) atoms. The molecule has 758 valence electrons. The Morgan fingerprint density at radius 1 is 0.545 bits per heavy atom. The number of methoxy groups -OCH3 is 2. The van der Waals surface area contributed by atoms with Crippen LogP contribution in [-0.4, -0.2) is 199 Å². The Morgan fingerprint density at radius 2 is 0.896 bits per heavy atom. The van der Waals surface area contributed by atoms with Crippen LogP contribution in [0.4, 0.5) is 33.6 Å². The number of hydrogen-bond acceptors (Lipinski definition) is 30. The molecule has 0 spiro atoms. The van der Waals surface area contributed by atoms with Crippen LogP contribution in [0, 0.1) is 11.3 Å². The molecule has 8 fully saturated rings. The minimum Gasteiger partial charge on any atom is -0.616 e. The van der Waals surface area contributed by atoms with E-state index in [1.54, 1.807) is 41.5 Å². The van der Waals surface area contributed by atoms with E-state index in [1.807, 2.05) is 129 Å². The molecule has 0 radical (unpaired) electrons. The zero-order valence-electron chi connectivity index (χ0n) is 84.4. The number of carbonyl (C=O) groups excluding carboxylic acids is 9. The van der Waals surface area contributed by atoms with Crippen molar-refractivity contribution >= 4 is 72.1 Å². The van der Waals surface area contributed by atoms with Gasteiger partial charge in [0.15, 0.2) is 0 Å². The number of amides is 7. The number of carbonyl (C=O) groups is 9. The molecule has 8 saturated carbocycles. The summed E-state index contributed by atoms with van der Waals surface area (Å²) in [6.07, 6.45) is 20.0. The molecule has 2 aromatic rings. The Balaban J connectivity index is 0. The molecule has 2 aromatic carbocycles. The second-order valence-corrected chi connectivity index (χ2v) is 41.6. The first kappa shape index (κ1) is 127. The molecule has 7 amide bonds. The molecule has 0 bridgehead atoms. The third-order valence-corrected chi connectivity index (χ3v) is 20.2. The third kappa shape index (κ3) is 72.7. The van der Waals surface area contributed by atoms with Crippen LogP contribution in [-0.2, 0) is 103 Å². The first-order valence-corrected chi connectivity index (χ1v) is 48.2. The molecule has 10 rings (SSSR count). The summed E-state index contributed by atoms with van der Waals surface area (Å²) in [6.45, 7) is 38.1. The number of azide groups is 1. The Hall–Kier alpha value is -8.71. The maximum Gasteiger partial charge on any atom is 1.00 e. The molecule has 0 unspecified atom stereocenters. The summed E-state index contributed by atoms with van der Waals surface area (Å²) in [6, 6.07) is 21.0. The third-order valence-electron chi connectivity index (χ3n) is 18.1. The van der Waals surface area contributed by atoms with Gasteiger partial charge in [-0.15, -0.1) is 0 Å². The minimum absolute atomic E-state index is 0. The van der Waals surface area contributed by atoms with Gasteiger partial charge in [-0.25, -0.2) is 43.3 Å². The monoisotopic (exact) mass is 1950 g/mol. The van der Waals surface area contributed by atoms with Crippen molar-refractivity contribution < 1.29 is 156 Å². The Kier molecular flexibility index (Phi) is 59.1. The van der Waals surface area contributed by atoms with Crippen molar-refractivity contribution in [3.05, 3.63) is 106 Å². The number of nitrogens with one attached hydrogen (secondary N) is 7. The summed E-state index contributed by atoms with van der Waals surface area (Å²) in [5, 5.41) is 41.6. The van der Waals surface area contributed by atoms with Gasteiger partial charge in [0.25, 0.3) is 10.1 Å². The van der Waals surface area contributed by atoms with E-state index >= 15 is 0 Å². The quantitative estimate of drug-likeness (QED) is 0.00277. The molecular weight excluding hydrogens is 1790 g/mol. The fraction of sp³-hybridized carbons (Fsp3) is 0.717. The molecule has 8 aliphatic carbocycles. The smallest absolute Gasteiger partial charge is 0.616 e. The van der Waals surface area contributed by atoms with Gasteiger partial charge in [0, 0.05) is 74.0 Å². The normalized spacial score (nSPS) is 16.2. The number of hydrogen-bond donors (Lipinski definition) is 8. The fourth-order valence-electron chi connectivity index (χ4n) is 9.97. The van der Waals surface area contributed by atoms with E-state index in [2.05, 4.69) is 113 Å². The SMILES string of the molecule is CC(C)(C)OC(=O)NC1(CCCNC(=O)OCc2ccccc2)CC1.CC(C)(C)OC(=O)NC1(CCN=[N+]=[N-])CC1.CC(C)(C)OC(=O)NC1(CCOS(C)(=O)=O)CC1.CC(C)(C)OC(=O)NC1(CNC(=O)OCc2ccccc2)CC1.CCC.CCC.CO/C([O-])=C/P(=O)(OC)OC.COC(=O)CC1(NC(=O)OC(C)(C)C)CC1.COOCC=C1CC1.N#CC1(N)CC1.O=C1CC1.[Na+]. The Morgan fingerprint density at radius 3 is 1.19 bits per heavy atom. The fourth-order valence-corrected chi connectivity index (χ4v) is 11.1. The van der Waals surface area contributed by atoms with Gasteiger partial charge in [0.05, 0.1) is 56.6 Å². The largest absolute Gasteiger partial charge is 1.00 e. The van der Waals surface area contributed by atoms with E-state index in [0.29, 0.717) is 44.9 Å².